The Kier molecular flexibility index (Phi) is 4.89. The second-order valence-corrected chi connectivity index (χ2v) is 4.30. The molecule has 78 valence electrons. The van der Waals surface area contributed by atoms with Gasteiger partial charge in [0, 0.05) is 22.1 Å². The molecule has 0 spiro atoms. The zero-order valence-corrected chi connectivity index (χ0v) is 10.4. The average molecular weight is 278 g/mol. The van der Waals surface area contributed by atoms with Crippen molar-refractivity contribution in [1.82, 2.24) is 5.32 Å². The summed E-state index contributed by atoms with van der Waals surface area (Å²) in [5.74, 6) is 0. The molecular weight excluding hydrogens is 263 g/mol. The van der Waals surface area contributed by atoms with Gasteiger partial charge >= 0.3 is 0 Å². The van der Waals surface area contributed by atoms with Crippen LogP contribution in [0.3, 0.4) is 0 Å². The summed E-state index contributed by atoms with van der Waals surface area (Å²) in [5, 5.41) is 4.04. The molecule has 14 heavy (non-hydrogen) atoms. The van der Waals surface area contributed by atoms with Crippen LogP contribution in [0.2, 0.25) is 5.02 Å². The molecule has 1 aromatic carbocycles. The molecule has 0 bridgehead atoms. The molecular formula is C10H14BrClN2. The predicted molar refractivity (Wildman–Crippen MR) is 64.6 cm³/mol. The number of benzene rings is 1. The fourth-order valence-corrected chi connectivity index (χ4v) is 2.31. The van der Waals surface area contributed by atoms with Gasteiger partial charge in [-0.05, 0) is 24.2 Å². The third-order valence-electron chi connectivity index (χ3n) is 2.02. The highest BCUT2D eigenvalue weighted by Crippen LogP contribution is 2.26. The average Bonchev–Trinajstić information content (AvgIpc) is 2.15. The summed E-state index contributed by atoms with van der Waals surface area (Å²) in [6, 6.07) is 5.94. The Bertz CT molecular complexity index is 304. The van der Waals surface area contributed by atoms with Crippen molar-refractivity contribution in [3.8, 4) is 0 Å². The Hall–Kier alpha value is -0.0900. The van der Waals surface area contributed by atoms with Gasteiger partial charge < -0.3 is 11.1 Å². The molecule has 3 N–H and O–H groups in total. The van der Waals surface area contributed by atoms with Crippen LogP contribution in [0.1, 0.15) is 18.5 Å². The number of rotatable bonds is 4. The molecule has 0 fully saturated rings. The van der Waals surface area contributed by atoms with Gasteiger partial charge in [-0.25, -0.2) is 0 Å². The molecule has 1 rings (SSSR count). The SMILES string of the molecule is CCNC(CN)c1ccc(Cl)cc1Br. The first-order chi connectivity index (χ1) is 6.69. The predicted octanol–water partition coefficient (Wildman–Crippen LogP) is 2.71. The van der Waals surface area contributed by atoms with Crippen LogP contribution in [0, 0.1) is 0 Å². The Morgan fingerprint density at radius 3 is 2.79 bits per heavy atom. The molecule has 4 heteroatoms. The third kappa shape index (κ3) is 2.95. The Morgan fingerprint density at radius 1 is 1.57 bits per heavy atom. The van der Waals surface area contributed by atoms with E-state index in [0.29, 0.717) is 6.54 Å². The minimum Gasteiger partial charge on any atom is -0.329 e. The lowest BCUT2D eigenvalue weighted by molar-refractivity contribution is 0.560. The van der Waals surface area contributed by atoms with Gasteiger partial charge in [0.05, 0.1) is 0 Å². The quantitative estimate of drug-likeness (QED) is 0.888. The summed E-state index contributed by atoms with van der Waals surface area (Å²) >= 11 is 9.34. The van der Waals surface area contributed by atoms with Gasteiger partial charge in [0.15, 0.2) is 0 Å². The lowest BCUT2D eigenvalue weighted by Crippen LogP contribution is -2.28. The maximum Gasteiger partial charge on any atom is 0.0455 e. The molecule has 2 nitrogen and oxygen atoms in total. The second kappa shape index (κ2) is 5.71. The highest BCUT2D eigenvalue weighted by Gasteiger charge is 2.11. The number of nitrogens with one attached hydrogen (secondary N) is 1. The number of likely N-dealkylation sites (N-methyl/N-ethyl adjacent to an activating group) is 1. The topological polar surface area (TPSA) is 38.0 Å². The monoisotopic (exact) mass is 276 g/mol. The van der Waals surface area contributed by atoms with Crippen molar-refractivity contribution in [3.63, 3.8) is 0 Å². The standard InChI is InChI=1S/C10H14BrClN2/c1-2-14-10(6-13)8-4-3-7(12)5-9(8)11/h3-5,10,14H,2,6,13H2,1H3. The summed E-state index contributed by atoms with van der Waals surface area (Å²) in [6.07, 6.45) is 0. The third-order valence-corrected chi connectivity index (χ3v) is 2.95. The van der Waals surface area contributed by atoms with E-state index in [9.17, 15) is 0 Å². The molecule has 0 aliphatic rings. The van der Waals surface area contributed by atoms with Gasteiger partial charge in [-0.15, -0.1) is 0 Å². The van der Waals surface area contributed by atoms with Gasteiger partial charge in [0.1, 0.15) is 0 Å². The Morgan fingerprint density at radius 2 is 2.29 bits per heavy atom. The fraction of sp³-hybridized carbons (Fsp3) is 0.400. The van der Waals surface area contributed by atoms with Crippen LogP contribution in [0.4, 0.5) is 0 Å². The summed E-state index contributed by atoms with van der Waals surface area (Å²) in [6.45, 7) is 3.54. The van der Waals surface area contributed by atoms with E-state index in [-0.39, 0.29) is 6.04 Å². The molecule has 0 aliphatic carbocycles. The van der Waals surface area contributed by atoms with E-state index in [1.54, 1.807) is 0 Å². The van der Waals surface area contributed by atoms with E-state index in [1.807, 2.05) is 18.2 Å². The Labute approximate surface area is 98.0 Å². The van der Waals surface area contributed by atoms with Gasteiger partial charge in [-0.2, -0.15) is 0 Å². The van der Waals surface area contributed by atoms with Crippen molar-refractivity contribution >= 4 is 27.5 Å². The highest BCUT2D eigenvalue weighted by molar-refractivity contribution is 9.10. The van der Waals surface area contributed by atoms with Crippen LogP contribution in [-0.4, -0.2) is 13.1 Å². The van der Waals surface area contributed by atoms with Crippen LogP contribution < -0.4 is 11.1 Å². The molecule has 0 radical (unpaired) electrons. The van der Waals surface area contributed by atoms with Crippen LogP contribution in [0.5, 0.6) is 0 Å². The molecule has 0 saturated carbocycles. The number of halogens is 2. The summed E-state index contributed by atoms with van der Waals surface area (Å²) in [7, 11) is 0. The maximum absolute atomic E-state index is 5.86. The minimum absolute atomic E-state index is 0.187. The summed E-state index contributed by atoms with van der Waals surface area (Å²) in [5.41, 5.74) is 6.83. The number of hydrogen-bond donors (Lipinski definition) is 2. The molecule has 0 saturated heterocycles. The van der Waals surface area contributed by atoms with Gasteiger partial charge in [0.25, 0.3) is 0 Å². The van der Waals surface area contributed by atoms with E-state index in [2.05, 4.69) is 28.2 Å². The zero-order chi connectivity index (χ0) is 10.6. The maximum atomic E-state index is 5.86. The van der Waals surface area contributed by atoms with E-state index in [0.717, 1.165) is 21.6 Å². The van der Waals surface area contributed by atoms with E-state index >= 15 is 0 Å². The lowest BCUT2D eigenvalue weighted by atomic mass is 10.1. The Balaban J connectivity index is 2.92. The first-order valence-electron chi connectivity index (χ1n) is 4.57. The van der Waals surface area contributed by atoms with Crippen molar-refractivity contribution in [1.29, 1.82) is 0 Å². The van der Waals surface area contributed by atoms with Crippen LogP contribution in [0.15, 0.2) is 22.7 Å². The molecule has 1 aromatic rings. The van der Waals surface area contributed by atoms with Crippen molar-refractivity contribution in [2.75, 3.05) is 13.1 Å². The van der Waals surface area contributed by atoms with E-state index in [4.69, 9.17) is 17.3 Å². The summed E-state index contributed by atoms with van der Waals surface area (Å²) in [4.78, 5) is 0. The van der Waals surface area contributed by atoms with Crippen LogP contribution >= 0.6 is 27.5 Å². The van der Waals surface area contributed by atoms with Crippen LogP contribution in [-0.2, 0) is 0 Å². The van der Waals surface area contributed by atoms with Crippen molar-refractivity contribution in [3.05, 3.63) is 33.3 Å². The van der Waals surface area contributed by atoms with Gasteiger partial charge in [0.2, 0.25) is 0 Å². The molecule has 0 aliphatic heterocycles. The molecule has 1 atom stereocenters. The molecule has 0 heterocycles. The summed E-state index contributed by atoms with van der Waals surface area (Å²) < 4.78 is 1.00. The van der Waals surface area contributed by atoms with Crippen molar-refractivity contribution < 1.29 is 0 Å². The fourth-order valence-electron chi connectivity index (χ4n) is 1.35. The second-order valence-electron chi connectivity index (χ2n) is 3.01. The van der Waals surface area contributed by atoms with Crippen LogP contribution in [0.25, 0.3) is 0 Å². The minimum atomic E-state index is 0.187. The first-order valence-corrected chi connectivity index (χ1v) is 5.74. The molecule has 0 aromatic heterocycles. The molecule has 1 unspecified atom stereocenters. The van der Waals surface area contributed by atoms with Crippen molar-refractivity contribution in [2.45, 2.75) is 13.0 Å². The number of nitrogens with two attached hydrogens (primary N) is 1. The van der Waals surface area contributed by atoms with Gasteiger partial charge in [-0.1, -0.05) is 40.5 Å². The van der Waals surface area contributed by atoms with Crippen molar-refractivity contribution in [2.24, 2.45) is 5.73 Å². The largest absolute Gasteiger partial charge is 0.329 e. The lowest BCUT2D eigenvalue weighted by Gasteiger charge is -2.17. The van der Waals surface area contributed by atoms with E-state index < -0.39 is 0 Å². The number of hydrogen-bond acceptors (Lipinski definition) is 2. The highest BCUT2D eigenvalue weighted by atomic mass is 79.9. The first kappa shape index (κ1) is 12.0. The van der Waals surface area contributed by atoms with E-state index in [1.165, 1.54) is 0 Å². The smallest absolute Gasteiger partial charge is 0.0455 e. The molecule has 0 amide bonds. The van der Waals surface area contributed by atoms with Gasteiger partial charge in [-0.3, -0.25) is 0 Å². The zero-order valence-electron chi connectivity index (χ0n) is 8.06. The normalized spacial score (nSPS) is 12.9.